The summed E-state index contributed by atoms with van der Waals surface area (Å²) in [5.74, 6) is -0.492. The molecule has 0 saturated carbocycles. The van der Waals surface area contributed by atoms with E-state index in [1.165, 1.54) is 0 Å². The number of carbonyl (C=O) groups excluding carboxylic acids is 2. The van der Waals surface area contributed by atoms with E-state index in [1.807, 2.05) is 23.1 Å². The SMILES string of the molecule is Nc1cccc2c1CN([C@H]1CCC(=O)NC1=O)C2=S. The molecule has 1 fully saturated rings. The zero-order chi connectivity index (χ0) is 13.6. The van der Waals surface area contributed by atoms with Crippen molar-refractivity contribution in [2.24, 2.45) is 0 Å². The van der Waals surface area contributed by atoms with Crippen molar-refractivity contribution >= 4 is 34.7 Å². The van der Waals surface area contributed by atoms with Gasteiger partial charge in [-0.1, -0.05) is 24.4 Å². The van der Waals surface area contributed by atoms with Gasteiger partial charge < -0.3 is 10.6 Å². The zero-order valence-corrected chi connectivity index (χ0v) is 11.0. The van der Waals surface area contributed by atoms with E-state index in [0.29, 0.717) is 30.1 Å². The van der Waals surface area contributed by atoms with Gasteiger partial charge in [-0.05, 0) is 12.5 Å². The van der Waals surface area contributed by atoms with Crippen LogP contribution in [0.15, 0.2) is 18.2 Å². The van der Waals surface area contributed by atoms with E-state index in [4.69, 9.17) is 18.0 Å². The molecule has 0 radical (unpaired) electrons. The average Bonchev–Trinajstić information content (AvgIpc) is 2.69. The van der Waals surface area contributed by atoms with Crippen LogP contribution in [0, 0.1) is 0 Å². The number of amides is 2. The van der Waals surface area contributed by atoms with Crippen LogP contribution >= 0.6 is 12.2 Å². The number of fused-ring (bicyclic) bond motifs is 1. The van der Waals surface area contributed by atoms with Crippen molar-refractivity contribution in [3.8, 4) is 0 Å². The fourth-order valence-corrected chi connectivity index (χ4v) is 2.99. The van der Waals surface area contributed by atoms with Crippen LogP contribution < -0.4 is 11.1 Å². The van der Waals surface area contributed by atoms with Crippen LogP contribution in [0.3, 0.4) is 0 Å². The molecule has 1 atom stereocenters. The molecule has 5 nitrogen and oxygen atoms in total. The third-order valence-corrected chi connectivity index (χ3v) is 4.07. The quantitative estimate of drug-likeness (QED) is 0.445. The van der Waals surface area contributed by atoms with Crippen LogP contribution in [0.25, 0.3) is 0 Å². The van der Waals surface area contributed by atoms with E-state index in [0.717, 1.165) is 11.1 Å². The molecule has 19 heavy (non-hydrogen) atoms. The van der Waals surface area contributed by atoms with Crippen molar-refractivity contribution < 1.29 is 9.59 Å². The van der Waals surface area contributed by atoms with Crippen molar-refractivity contribution in [2.75, 3.05) is 5.73 Å². The smallest absolute Gasteiger partial charge is 0.249 e. The fourth-order valence-electron chi connectivity index (χ4n) is 2.61. The number of thiocarbonyl (C=S) groups is 1. The van der Waals surface area contributed by atoms with Gasteiger partial charge in [0.2, 0.25) is 11.8 Å². The molecule has 2 aliphatic rings. The molecule has 0 spiro atoms. The van der Waals surface area contributed by atoms with Crippen molar-refractivity contribution in [1.29, 1.82) is 0 Å². The van der Waals surface area contributed by atoms with Crippen LogP contribution in [0.4, 0.5) is 5.69 Å². The van der Waals surface area contributed by atoms with Gasteiger partial charge in [0.05, 0.1) is 0 Å². The molecule has 3 N–H and O–H groups in total. The summed E-state index contributed by atoms with van der Waals surface area (Å²) in [6.45, 7) is 0.535. The molecule has 2 aliphatic heterocycles. The molecule has 0 bridgehead atoms. The molecule has 0 aliphatic carbocycles. The van der Waals surface area contributed by atoms with E-state index in [2.05, 4.69) is 5.32 Å². The highest BCUT2D eigenvalue weighted by atomic mass is 32.1. The molecule has 0 unspecified atom stereocenters. The van der Waals surface area contributed by atoms with Gasteiger partial charge in [-0.3, -0.25) is 14.9 Å². The molecule has 1 aromatic rings. The Bertz CT molecular complexity index is 600. The number of nitrogens with one attached hydrogen (secondary N) is 1. The number of hydrogen-bond acceptors (Lipinski definition) is 4. The zero-order valence-electron chi connectivity index (χ0n) is 10.2. The van der Waals surface area contributed by atoms with Crippen LogP contribution in [-0.2, 0) is 16.1 Å². The summed E-state index contributed by atoms with van der Waals surface area (Å²) in [5.41, 5.74) is 8.52. The summed E-state index contributed by atoms with van der Waals surface area (Å²) >= 11 is 5.42. The molecule has 3 rings (SSSR count). The van der Waals surface area contributed by atoms with Crippen LogP contribution in [0.5, 0.6) is 0 Å². The average molecular weight is 275 g/mol. The first-order valence-electron chi connectivity index (χ1n) is 6.10. The number of benzene rings is 1. The predicted molar refractivity (Wildman–Crippen MR) is 74.3 cm³/mol. The second kappa shape index (κ2) is 4.31. The molecule has 6 heteroatoms. The maximum atomic E-state index is 11.9. The van der Waals surface area contributed by atoms with Gasteiger partial charge in [0, 0.05) is 29.8 Å². The number of rotatable bonds is 1. The second-order valence-corrected chi connectivity index (χ2v) is 5.16. The lowest BCUT2D eigenvalue weighted by molar-refractivity contribution is -0.136. The van der Waals surface area contributed by atoms with Crippen LogP contribution in [0.1, 0.15) is 24.0 Å². The summed E-state index contributed by atoms with van der Waals surface area (Å²) in [6.07, 6.45) is 0.847. The standard InChI is InChI=1S/C13H13N3O2S/c14-9-3-1-2-7-8(9)6-16(13(7)19)10-4-5-11(17)15-12(10)18/h1-3,10H,4-6,14H2,(H,15,17,18)/t10-/m0/s1. The minimum Gasteiger partial charge on any atom is -0.398 e. The van der Waals surface area contributed by atoms with Gasteiger partial charge in [0.15, 0.2) is 0 Å². The maximum absolute atomic E-state index is 11.9. The Hall–Kier alpha value is -1.95. The van der Waals surface area contributed by atoms with Gasteiger partial charge >= 0.3 is 0 Å². The van der Waals surface area contributed by atoms with Gasteiger partial charge in [-0.2, -0.15) is 0 Å². The molecule has 1 aromatic carbocycles. The second-order valence-electron chi connectivity index (χ2n) is 4.77. The first-order chi connectivity index (χ1) is 9.08. The largest absolute Gasteiger partial charge is 0.398 e. The molecule has 1 saturated heterocycles. The number of piperidine rings is 1. The maximum Gasteiger partial charge on any atom is 0.249 e. The van der Waals surface area contributed by atoms with E-state index in [1.54, 1.807) is 0 Å². The highest BCUT2D eigenvalue weighted by molar-refractivity contribution is 7.80. The van der Waals surface area contributed by atoms with Gasteiger partial charge in [-0.25, -0.2) is 0 Å². The number of nitrogens with zero attached hydrogens (tertiary/aromatic N) is 1. The summed E-state index contributed by atoms with van der Waals surface area (Å²) in [6, 6.07) is 5.22. The molecule has 2 amide bonds. The molecular weight excluding hydrogens is 262 g/mol. The number of nitrogens with two attached hydrogens (primary N) is 1. The Labute approximate surface area is 115 Å². The highest BCUT2D eigenvalue weighted by Gasteiger charge is 2.37. The van der Waals surface area contributed by atoms with Crippen molar-refractivity contribution in [2.45, 2.75) is 25.4 Å². The Morgan fingerprint density at radius 2 is 2.16 bits per heavy atom. The number of hydrogen-bond donors (Lipinski definition) is 2. The van der Waals surface area contributed by atoms with Crippen molar-refractivity contribution in [1.82, 2.24) is 10.2 Å². The van der Waals surface area contributed by atoms with Gasteiger partial charge in [0.1, 0.15) is 11.0 Å². The lowest BCUT2D eigenvalue weighted by Crippen LogP contribution is -2.52. The topological polar surface area (TPSA) is 75.4 Å². The molecule has 2 heterocycles. The number of carbonyl (C=O) groups is 2. The molecule has 98 valence electrons. The minimum atomic E-state index is -0.378. The Morgan fingerprint density at radius 1 is 1.37 bits per heavy atom. The highest BCUT2D eigenvalue weighted by Crippen LogP contribution is 2.31. The number of imide groups is 1. The molecule has 0 aromatic heterocycles. The van der Waals surface area contributed by atoms with E-state index >= 15 is 0 Å². The van der Waals surface area contributed by atoms with Crippen LogP contribution in [-0.4, -0.2) is 27.7 Å². The Morgan fingerprint density at radius 3 is 2.84 bits per heavy atom. The summed E-state index contributed by atoms with van der Waals surface area (Å²) in [7, 11) is 0. The van der Waals surface area contributed by atoms with E-state index in [9.17, 15) is 9.59 Å². The van der Waals surface area contributed by atoms with Gasteiger partial charge in [-0.15, -0.1) is 0 Å². The lowest BCUT2D eigenvalue weighted by Gasteiger charge is -2.30. The van der Waals surface area contributed by atoms with Crippen molar-refractivity contribution in [3.05, 3.63) is 29.3 Å². The monoisotopic (exact) mass is 275 g/mol. The lowest BCUT2D eigenvalue weighted by atomic mass is 10.0. The first-order valence-corrected chi connectivity index (χ1v) is 6.51. The van der Waals surface area contributed by atoms with E-state index < -0.39 is 0 Å². The fraction of sp³-hybridized carbons (Fsp3) is 0.308. The Balaban J connectivity index is 1.90. The third-order valence-electron chi connectivity index (χ3n) is 3.62. The van der Waals surface area contributed by atoms with Crippen molar-refractivity contribution in [3.63, 3.8) is 0 Å². The Kier molecular flexibility index (Phi) is 2.74. The molecular formula is C13H13N3O2S. The third kappa shape index (κ3) is 1.88. The summed E-state index contributed by atoms with van der Waals surface area (Å²) < 4.78 is 0. The first kappa shape index (κ1) is 12.1. The number of anilines is 1. The van der Waals surface area contributed by atoms with Gasteiger partial charge in [0.25, 0.3) is 0 Å². The van der Waals surface area contributed by atoms with E-state index in [-0.39, 0.29) is 17.9 Å². The number of nitrogen functional groups attached to an aromatic ring is 1. The van der Waals surface area contributed by atoms with Crippen LogP contribution in [0.2, 0.25) is 0 Å². The normalized spacial score (nSPS) is 22.4. The predicted octanol–water partition coefficient (Wildman–Crippen LogP) is 0.565. The minimum absolute atomic E-state index is 0.219. The summed E-state index contributed by atoms with van der Waals surface area (Å²) in [5, 5.41) is 2.36. The summed E-state index contributed by atoms with van der Waals surface area (Å²) in [4.78, 5) is 25.6.